The monoisotopic (exact) mass is 298 g/mol. The lowest BCUT2D eigenvalue weighted by molar-refractivity contribution is 0.167. The largest absolute Gasteiger partial charge is 0.317 e. The van der Waals surface area contributed by atoms with E-state index in [0.717, 1.165) is 11.8 Å². The maximum atomic E-state index is 4.30. The summed E-state index contributed by atoms with van der Waals surface area (Å²) in [6.45, 7) is 6.29. The summed E-state index contributed by atoms with van der Waals surface area (Å²) in [6, 6.07) is 0. The zero-order chi connectivity index (χ0) is 13.1. The number of likely N-dealkylation sites (tertiary alicyclic amines) is 1. The maximum Gasteiger partial charge on any atom is 0.0524 e. The molecule has 0 atom stereocenters. The molecule has 0 unspecified atom stereocenters. The third-order valence-electron chi connectivity index (χ3n) is 4.76. The minimum Gasteiger partial charge on any atom is -0.317 e. The maximum absolute atomic E-state index is 4.30. The van der Waals surface area contributed by atoms with Crippen molar-refractivity contribution in [3.8, 4) is 0 Å². The minimum atomic E-state index is 0. The van der Waals surface area contributed by atoms with Crippen LogP contribution in [-0.4, -0.2) is 47.4 Å². The quantitative estimate of drug-likeness (QED) is 0.927. The van der Waals surface area contributed by atoms with Gasteiger partial charge in [-0.2, -0.15) is 5.10 Å². The summed E-state index contributed by atoms with van der Waals surface area (Å²) in [7, 11) is 2.01. The predicted molar refractivity (Wildman–Crippen MR) is 84.5 cm³/mol. The van der Waals surface area contributed by atoms with E-state index in [4.69, 9.17) is 0 Å². The molecule has 0 bridgehead atoms. The zero-order valence-electron chi connectivity index (χ0n) is 12.4. The van der Waals surface area contributed by atoms with Crippen molar-refractivity contribution in [1.29, 1.82) is 0 Å². The number of halogens is 1. The van der Waals surface area contributed by atoms with Crippen molar-refractivity contribution in [1.82, 2.24) is 20.0 Å². The first-order chi connectivity index (χ1) is 9.31. The van der Waals surface area contributed by atoms with E-state index in [2.05, 4.69) is 21.5 Å². The van der Waals surface area contributed by atoms with E-state index >= 15 is 0 Å². The fourth-order valence-electron chi connectivity index (χ4n) is 3.53. The van der Waals surface area contributed by atoms with Crippen molar-refractivity contribution in [2.75, 3.05) is 32.7 Å². The van der Waals surface area contributed by atoms with E-state index in [0.29, 0.717) is 0 Å². The molecule has 4 nitrogen and oxygen atoms in total. The summed E-state index contributed by atoms with van der Waals surface area (Å²) < 4.78 is 1.93. The number of hydrogen-bond acceptors (Lipinski definition) is 3. The van der Waals surface area contributed by atoms with Crippen molar-refractivity contribution in [3.05, 3.63) is 18.0 Å². The highest BCUT2D eigenvalue weighted by molar-refractivity contribution is 5.85. The highest BCUT2D eigenvalue weighted by atomic mass is 35.5. The first-order valence-corrected chi connectivity index (χ1v) is 7.73. The zero-order valence-corrected chi connectivity index (χ0v) is 13.2. The second-order valence-electron chi connectivity index (χ2n) is 6.22. The van der Waals surface area contributed by atoms with E-state index in [1.807, 2.05) is 17.9 Å². The molecule has 1 N–H and O–H groups in total. The Balaban J connectivity index is 0.00000147. The summed E-state index contributed by atoms with van der Waals surface area (Å²) in [4.78, 5) is 2.68. The molecule has 20 heavy (non-hydrogen) atoms. The molecule has 2 saturated heterocycles. The second-order valence-corrected chi connectivity index (χ2v) is 6.22. The average molecular weight is 299 g/mol. The number of nitrogens with zero attached hydrogens (tertiary/aromatic N) is 3. The Morgan fingerprint density at radius 3 is 2.50 bits per heavy atom. The summed E-state index contributed by atoms with van der Waals surface area (Å²) in [6.07, 6.45) is 9.57. The van der Waals surface area contributed by atoms with Gasteiger partial charge in [-0.05, 0) is 69.3 Å². The van der Waals surface area contributed by atoms with Gasteiger partial charge in [0.15, 0.2) is 0 Å². The predicted octanol–water partition coefficient (Wildman–Crippen LogP) is 2.02. The molecule has 0 aromatic carbocycles. The van der Waals surface area contributed by atoms with Crippen LogP contribution in [0, 0.1) is 5.92 Å². The topological polar surface area (TPSA) is 33.1 Å². The Bertz CT molecular complexity index is 392. The van der Waals surface area contributed by atoms with Crippen LogP contribution in [-0.2, 0) is 7.05 Å². The van der Waals surface area contributed by atoms with E-state index in [1.165, 1.54) is 64.0 Å². The molecule has 1 aromatic rings. The van der Waals surface area contributed by atoms with Gasteiger partial charge < -0.3 is 10.2 Å². The molecular formula is C15H27ClN4. The van der Waals surface area contributed by atoms with Gasteiger partial charge in [0.25, 0.3) is 0 Å². The molecule has 114 valence electrons. The summed E-state index contributed by atoms with van der Waals surface area (Å²) in [5, 5.41) is 7.76. The normalized spacial score (nSPS) is 22.6. The number of hydrogen-bond donors (Lipinski definition) is 1. The molecule has 0 amide bonds. The number of aromatic nitrogens is 2. The van der Waals surface area contributed by atoms with Crippen molar-refractivity contribution in [2.45, 2.75) is 31.6 Å². The Morgan fingerprint density at radius 1 is 1.20 bits per heavy atom. The van der Waals surface area contributed by atoms with Crippen LogP contribution in [0.5, 0.6) is 0 Å². The van der Waals surface area contributed by atoms with Crippen LogP contribution in [0.3, 0.4) is 0 Å². The van der Waals surface area contributed by atoms with Crippen LogP contribution in [0.25, 0.3) is 0 Å². The van der Waals surface area contributed by atoms with Crippen LogP contribution in [0.15, 0.2) is 12.4 Å². The van der Waals surface area contributed by atoms with E-state index in [9.17, 15) is 0 Å². The average Bonchev–Trinajstić information content (AvgIpc) is 2.87. The van der Waals surface area contributed by atoms with Gasteiger partial charge in [-0.15, -0.1) is 12.4 Å². The van der Waals surface area contributed by atoms with Crippen LogP contribution in [0.1, 0.15) is 37.2 Å². The van der Waals surface area contributed by atoms with Crippen LogP contribution in [0.4, 0.5) is 0 Å². The number of nitrogens with one attached hydrogen (secondary N) is 1. The fraction of sp³-hybridized carbons (Fsp3) is 0.800. The molecule has 0 aliphatic carbocycles. The van der Waals surface area contributed by atoms with Gasteiger partial charge >= 0.3 is 0 Å². The molecule has 1 aromatic heterocycles. The molecule has 3 rings (SSSR count). The van der Waals surface area contributed by atoms with E-state index in [-0.39, 0.29) is 12.4 Å². The third kappa shape index (κ3) is 3.96. The first-order valence-electron chi connectivity index (χ1n) is 7.73. The second kappa shape index (κ2) is 7.43. The highest BCUT2D eigenvalue weighted by Crippen LogP contribution is 2.28. The van der Waals surface area contributed by atoms with Gasteiger partial charge in [0.2, 0.25) is 0 Å². The van der Waals surface area contributed by atoms with Gasteiger partial charge in [0, 0.05) is 19.8 Å². The Morgan fingerprint density at radius 2 is 1.90 bits per heavy atom. The lowest BCUT2D eigenvalue weighted by atomic mass is 9.90. The van der Waals surface area contributed by atoms with Gasteiger partial charge in [-0.1, -0.05) is 0 Å². The third-order valence-corrected chi connectivity index (χ3v) is 4.76. The van der Waals surface area contributed by atoms with Crippen molar-refractivity contribution in [2.24, 2.45) is 13.0 Å². The molecule has 3 heterocycles. The van der Waals surface area contributed by atoms with E-state index < -0.39 is 0 Å². The molecule has 5 heteroatoms. The van der Waals surface area contributed by atoms with Crippen LogP contribution >= 0.6 is 12.4 Å². The summed E-state index contributed by atoms with van der Waals surface area (Å²) in [5.41, 5.74) is 1.43. The van der Waals surface area contributed by atoms with Crippen molar-refractivity contribution in [3.63, 3.8) is 0 Å². The molecule has 0 radical (unpaired) electrons. The number of piperidine rings is 2. The van der Waals surface area contributed by atoms with Crippen molar-refractivity contribution < 1.29 is 0 Å². The Hall–Kier alpha value is -0.580. The molecule has 2 fully saturated rings. The minimum absolute atomic E-state index is 0. The van der Waals surface area contributed by atoms with Gasteiger partial charge in [0.05, 0.1) is 6.20 Å². The Labute approximate surface area is 128 Å². The first kappa shape index (κ1) is 15.8. The van der Waals surface area contributed by atoms with Crippen LogP contribution < -0.4 is 5.32 Å². The number of aryl methyl sites for hydroxylation is 1. The molecule has 2 aliphatic heterocycles. The highest BCUT2D eigenvalue weighted by Gasteiger charge is 2.24. The molecule has 2 aliphatic rings. The lowest BCUT2D eigenvalue weighted by Crippen LogP contribution is -2.39. The molecule has 0 saturated carbocycles. The van der Waals surface area contributed by atoms with Crippen molar-refractivity contribution >= 4 is 12.4 Å². The molecular weight excluding hydrogens is 272 g/mol. The van der Waals surface area contributed by atoms with Gasteiger partial charge in [-0.3, -0.25) is 4.68 Å². The molecule has 0 spiro atoms. The standard InChI is InChI=1S/C15H26N4.ClH/c1-18-12-15(10-17-18)14-4-8-19(9-5-14)11-13-2-6-16-7-3-13;/h10,12-14,16H,2-9,11H2,1H3;1H. The number of rotatable bonds is 3. The summed E-state index contributed by atoms with van der Waals surface area (Å²) in [5.74, 6) is 1.66. The summed E-state index contributed by atoms with van der Waals surface area (Å²) >= 11 is 0. The Kier molecular flexibility index (Phi) is 5.87. The van der Waals surface area contributed by atoms with Gasteiger partial charge in [-0.25, -0.2) is 0 Å². The smallest absolute Gasteiger partial charge is 0.0524 e. The van der Waals surface area contributed by atoms with Crippen LogP contribution in [0.2, 0.25) is 0 Å². The lowest BCUT2D eigenvalue weighted by Gasteiger charge is -2.35. The fourth-order valence-corrected chi connectivity index (χ4v) is 3.53. The van der Waals surface area contributed by atoms with Gasteiger partial charge in [0.1, 0.15) is 0 Å². The van der Waals surface area contributed by atoms with E-state index in [1.54, 1.807) is 0 Å². The SMILES string of the molecule is Cl.Cn1cc(C2CCN(CC3CCNCC3)CC2)cn1.